The van der Waals surface area contributed by atoms with Crippen molar-refractivity contribution in [3.05, 3.63) is 98.3 Å². The van der Waals surface area contributed by atoms with Gasteiger partial charge in [-0.15, -0.1) is 11.3 Å². The lowest BCUT2D eigenvalue weighted by molar-refractivity contribution is 0.0739. The van der Waals surface area contributed by atoms with Crippen LogP contribution in [0.25, 0.3) is 10.1 Å². The molecule has 0 aliphatic rings. The molecule has 5 nitrogen and oxygen atoms in total. The lowest BCUT2D eigenvalue weighted by Crippen LogP contribution is -2.17. The first kappa shape index (κ1) is 21.2. The molecule has 8 heteroatoms. The second kappa shape index (κ2) is 9.43. The monoisotopic (exact) mass is 512 g/mol. The predicted molar refractivity (Wildman–Crippen MR) is 127 cm³/mol. The van der Waals surface area contributed by atoms with E-state index in [9.17, 15) is 9.59 Å². The average molecular weight is 514 g/mol. The van der Waals surface area contributed by atoms with Gasteiger partial charge in [-0.05, 0) is 36.4 Å². The number of ether oxygens (including phenoxy) is 1. The predicted octanol–water partition coefficient (Wildman–Crippen LogP) is 6.30. The Morgan fingerprint density at radius 2 is 1.81 bits per heavy atom. The number of carbonyl (C=O) groups excluding carboxylic acids is 2. The van der Waals surface area contributed by atoms with Gasteiger partial charge in [0.1, 0.15) is 10.6 Å². The number of halogens is 2. The molecule has 0 atom stereocenters. The van der Waals surface area contributed by atoms with Crippen molar-refractivity contribution in [3.8, 4) is 5.75 Å². The number of hydrogen-bond acceptors (Lipinski definition) is 5. The Morgan fingerprint density at radius 3 is 2.61 bits per heavy atom. The van der Waals surface area contributed by atoms with Gasteiger partial charge in [0.25, 0.3) is 5.91 Å². The molecule has 31 heavy (non-hydrogen) atoms. The zero-order valence-corrected chi connectivity index (χ0v) is 19.0. The van der Waals surface area contributed by atoms with Crippen LogP contribution >= 0.6 is 38.9 Å². The van der Waals surface area contributed by atoms with Gasteiger partial charge >= 0.3 is 5.97 Å². The molecular weight excluding hydrogens is 500 g/mol. The summed E-state index contributed by atoms with van der Waals surface area (Å²) in [5.74, 6) is -0.601. The summed E-state index contributed by atoms with van der Waals surface area (Å²) in [6, 6.07) is 21.4. The number of benzene rings is 3. The van der Waals surface area contributed by atoms with E-state index in [1.54, 1.807) is 42.5 Å². The Labute approximate surface area is 195 Å². The minimum Gasteiger partial charge on any atom is -0.422 e. The van der Waals surface area contributed by atoms with E-state index in [2.05, 4.69) is 26.5 Å². The number of amides is 1. The van der Waals surface area contributed by atoms with E-state index in [1.807, 2.05) is 30.3 Å². The molecule has 0 saturated carbocycles. The van der Waals surface area contributed by atoms with Gasteiger partial charge in [-0.2, -0.15) is 5.10 Å². The summed E-state index contributed by atoms with van der Waals surface area (Å²) in [5, 5.41) is 5.17. The number of para-hydroxylation sites is 1. The van der Waals surface area contributed by atoms with Crippen molar-refractivity contribution in [3.63, 3.8) is 0 Å². The summed E-state index contributed by atoms with van der Waals surface area (Å²) in [4.78, 5) is 25.3. The number of fused-ring (bicyclic) bond motifs is 1. The zero-order chi connectivity index (χ0) is 21.8. The number of carbonyl (C=O) groups is 2. The molecule has 1 heterocycles. The highest BCUT2D eigenvalue weighted by Gasteiger charge is 2.19. The normalized spacial score (nSPS) is 11.0. The molecule has 0 aliphatic carbocycles. The topological polar surface area (TPSA) is 67.8 Å². The molecule has 1 aromatic heterocycles. The fourth-order valence-corrected chi connectivity index (χ4v) is 4.61. The SMILES string of the molecule is O=C(N/N=C/c1ccccc1OC(=O)c1sc2ccccc2c1Cl)c1cccc(Br)c1. The second-order valence-corrected chi connectivity index (χ2v) is 8.72. The second-order valence-electron chi connectivity index (χ2n) is 6.38. The van der Waals surface area contributed by atoms with E-state index in [-0.39, 0.29) is 5.91 Å². The standard InChI is InChI=1S/C23H14BrClN2O3S/c24-16-8-5-7-14(12-16)22(28)27-26-13-15-6-1-3-10-18(15)30-23(29)21-20(25)17-9-2-4-11-19(17)31-21/h1-13H,(H,27,28)/b26-13+. The van der Waals surface area contributed by atoms with Gasteiger partial charge in [-0.3, -0.25) is 4.79 Å². The first-order valence-corrected chi connectivity index (χ1v) is 11.1. The molecule has 4 aromatic rings. The molecule has 0 radical (unpaired) electrons. The smallest absolute Gasteiger partial charge is 0.355 e. The molecule has 0 fully saturated rings. The third-order valence-electron chi connectivity index (χ3n) is 4.30. The fraction of sp³-hybridized carbons (Fsp3) is 0. The van der Waals surface area contributed by atoms with Crippen LogP contribution in [0.5, 0.6) is 5.75 Å². The van der Waals surface area contributed by atoms with Crippen LogP contribution in [0.1, 0.15) is 25.6 Å². The maximum absolute atomic E-state index is 12.7. The molecule has 3 aromatic carbocycles. The van der Waals surface area contributed by atoms with Crippen LogP contribution in [-0.4, -0.2) is 18.1 Å². The molecule has 0 aliphatic heterocycles. The van der Waals surface area contributed by atoms with Crippen LogP contribution < -0.4 is 10.2 Å². The lowest BCUT2D eigenvalue weighted by Gasteiger charge is -2.06. The van der Waals surface area contributed by atoms with E-state index >= 15 is 0 Å². The van der Waals surface area contributed by atoms with E-state index in [0.717, 1.165) is 14.6 Å². The molecule has 154 valence electrons. The van der Waals surface area contributed by atoms with Crippen LogP contribution in [0.4, 0.5) is 0 Å². The van der Waals surface area contributed by atoms with E-state index in [1.165, 1.54) is 17.6 Å². The minimum absolute atomic E-state index is 0.307. The molecule has 1 N–H and O–H groups in total. The largest absolute Gasteiger partial charge is 0.422 e. The van der Waals surface area contributed by atoms with Gasteiger partial charge in [0.2, 0.25) is 0 Å². The van der Waals surface area contributed by atoms with Crippen molar-refractivity contribution in [2.45, 2.75) is 0 Å². The summed E-state index contributed by atoms with van der Waals surface area (Å²) >= 11 is 11.0. The summed E-state index contributed by atoms with van der Waals surface area (Å²) in [6.45, 7) is 0. The molecule has 0 saturated heterocycles. The summed E-state index contributed by atoms with van der Waals surface area (Å²) in [7, 11) is 0. The Balaban J connectivity index is 1.50. The average Bonchev–Trinajstić information content (AvgIpc) is 3.12. The fourth-order valence-electron chi connectivity index (χ4n) is 2.83. The zero-order valence-electron chi connectivity index (χ0n) is 15.8. The Hall–Kier alpha value is -3.00. The minimum atomic E-state index is -0.551. The number of esters is 1. The Morgan fingerprint density at radius 1 is 1.03 bits per heavy atom. The third-order valence-corrected chi connectivity index (χ3v) is 6.45. The molecular formula is C23H14BrClN2O3S. The van der Waals surface area contributed by atoms with Crippen molar-refractivity contribution in [2.75, 3.05) is 0 Å². The maximum Gasteiger partial charge on any atom is 0.355 e. The van der Waals surface area contributed by atoms with Crippen LogP contribution in [-0.2, 0) is 0 Å². The number of hydrogen-bond donors (Lipinski definition) is 1. The van der Waals surface area contributed by atoms with E-state index < -0.39 is 5.97 Å². The van der Waals surface area contributed by atoms with E-state index in [4.69, 9.17) is 16.3 Å². The van der Waals surface area contributed by atoms with Gasteiger partial charge in [0.15, 0.2) is 0 Å². The lowest BCUT2D eigenvalue weighted by atomic mass is 10.2. The van der Waals surface area contributed by atoms with Gasteiger partial charge in [0, 0.05) is 25.7 Å². The van der Waals surface area contributed by atoms with Crippen molar-refractivity contribution in [2.24, 2.45) is 5.10 Å². The first-order valence-electron chi connectivity index (χ1n) is 9.10. The number of nitrogens with one attached hydrogen (secondary N) is 1. The van der Waals surface area contributed by atoms with Crippen LogP contribution in [0.2, 0.25) is 5.02 Å². The summed E-state index contributed by atoms with van der Waals surface area (Å²) < 4.78 is 7.28. The quantitative estimate of drug-likeness (QED) is 0.147. The van der Waals surface area contributed by atoms with E-state index in [0.29, 0.717) is 26.8 Å². The van der Waals surface area contributed by atoms with Crippen molar-refractivity contribution in [1.82, 2.24) is 5.43 Å². The third kappa shape index (κ3) is 4.85. The van der Waals surface area contributed by atoms with Gasteiger partial charge in [-0.1, -0.05) is 63.9 Å². The van der Waals surface area contributed by atoms with Gasteiger partial charge in [-0.25, -0.2) is 10.2 Å². The molecule has 0 bridgehead atoms. The van der Waals surface area contributed by atoms with Crippen molar-refractivity contribution in [1.29, 1.82) is 0 Å². The highest BCUT2D eigenvalue weighted by Crippen LogP contribution is 2.36. The van der Waals surface area contributed by atoms with Crippen LogP contribution in [0, 0.1) is 0 Å². The van der Waals surface area contributed by atoms with Crippen molar-refractivity contribution < 1.29 is 14.3 Å². The van der Waals surface area contributed by atoms with Crippen molar-refractivity contribution >= 4 is 67.0 Å². The molecule has 0 unspecified atom stereocenters. The number of thiophene rings is 1. The first-order chi connectivity index (χ1) is 15.0. The number of nitrogens with zero attached hydrogens (tertiary/aromatic N) is 1. The Bertz CT molecular complexity index is 1320. The molecule has 4 rings (SSSR count). The number of hydrazone groups is 1. The molecule has 1 amide bonds. The summed E-state index contributed by atoms with van der Waals surface area (Å²) in [5.41, 5.74) is 3.46. The molecule has 0 spiro atoms. The van der Waals surface area contributed by atoms with Gasteiger partial charge in [0.05, 0.1) is 11.2 Å². The van der Waals surface area contributed by atoms with Crippen LogP contribution in [0.3, 0.4) is 0 Å². The summed E-state index contributed by atoms with van der Waals surface area (Å²) in [6.07, 6.45) is 1.42. The van der Waals surface area contributed by atoms with Crippen LogP contribution in [0.15, 0.2) is 82.4 Å². The Kier molecular flexibility index (Phi) is 6.46. The highest BCUT2D eigenvalue weighted by atomic mass is 79.9. The van der Waals surface area contributed by atoms with Gasteiger partial charge < -0.3 is 4.74 Å². The highest BCUT2D eigenvalue weighted by molar-refractivity contribution is 9.10. The maximum atomic E-state index is 12.7. The number of rotatable bonds is 5.